The van der Waals surface area contributed by atoms with E-state index in [9.17, 15) is 4.79 Å². The molecule has 0 saturated carbocycles. The van der Waals surface area contributed by atoms with Crippen molar-refractivity contribution in [3.8, 4) is 10.4 Å². The summed E-state index contributed by atoms with van der Waals surface area (Å²) < 4.78 is 2.00. The smallest absolute Gasteiger partial charge is 0.263 e. The van der Waals surface area contributed by atoms with Gasteiger partial charge in [-0.3, -0.25) is 9.36 Å². The quantitative estimate of drug-likeness (QED) is 0.646. The van der Waals surface area contributed by atoms with Crippen LogP contribution >= 0.6 is 23.6 Å². The van der Waals surface area contributed by atoms with Gasteiger partial charge in [0.05, 0.1) is 5.39 Å². The monoisotopic (exact) mass is 300 g/mol. The van der Waals surface area contributed by atoms with Gasteiger partial charge in [-0.2, -0.15) is 0 Å². The summed E-state index contributed by atoms with van der Waals surface area (Å²) in [6, 6.07) is 8.44. The molecule has 1 aliphatic rings. The molecule has 1 aliphatic carbocycles. The summed E-state index contributed by atoms with van der Waals surface area (Å²) in [6.07, 6.45) is 1.92. The van der Waals surface area contributed by atoms with E-state index in [1.807, 2.05) is 0 Å². The van der Waals surface area contributed by atoms with E-state index < -0.39 is 0 Å². The summed E-state index contributed by atoms with van der Waals surface area (Å²) in [5.41, 5.74) is 3.81. The Morgan fingerprint density at radius 1 is 1.30 bits per heavy atom. The molecule has 0 atom stereocenters. The number of nitrogens with one attached hydrogen (secondary N) is 1. The minimum atomic E-state index is 0.0145. The highest BCUT2D eigenvalue weighted by Crippen LogP contribution is 2.41. The number of fused-ring (bicyclic) bond motifs is 5. The Morgan fingerprint density at radius 2 is 2.10 bits per heavy atom. The second-order valence-corrected chi connectivity index (χ2v) is 6.47. The third-order valence-corrected chi connectivity index (χ3v) is 5.51. The van der Waals surface area contributed by atoms with Crippen LogP contribution in [-0.2, 0) is 19.9 Å². The molecule has 3 aromatic rings. The molecule has 0 saturated heterocycles. The summed E-state index contributed by atoms with van der Waals surface area (Å²) >= 11 is 6.84. The van der Waals surface area contributed by atoms with Crippen LogP contribution in [-0.4, -0.2) is 9.55 Å². The first-order valence-electron chi connectivity index (χ1n) is 6.50. The Labute approximate surface area is 124 Å². The van der Waals surface area contributed by atoms with Gasteiger partial charge in [0.1, 0.15) is 4.83 Å². The highest BCUT2D eigenvalue weighted by molar-refractivity contribution is 7.71. The minimum absolute atomic E-state index is 0.0145. The van der Waals surface area contributed by atoms with E-state index in [2.05, 4.69) is 29.2 Å². The molecule has 2 aromatic heterocycles. The normalized spacial score (nSPS) is 13.2. The average molecular weight is 300 g/mol. The number of hydrogen-bond acceptors (Lipinski definition) is 3. The number of aromatic nitrogens is 2. The highest BCUT2D eigenvalue weighted by atomic mass is 32.1. The molecule has 1 N–H and O–H groups in total. The summed E-state index contributed by atoms with van der Waals surface area (Å²) in [4.78, 5) is 17.8. The number of thiophene rings is 1. The van der Waals surface area contributed by atoms with E-state index >= 15 is 0 Å². The first-order chi connectivity index (χ1) is 9.66. The fraction of sp³-hybridized carbons (Fsp3) is 0.200. The van der Waals surface area contributed by atoms with Crippen molar-refractivity contribution in [1.82, 2.24) is 9.55 Å². The van der Waals surface area contributed by atoms with Crippen LogP contribution in [0.4, 0.5) is 0 Å². The summed E-state index contributed by atoms with van der Waals surface area (Å²) in [5.74, 6) is 0. The van der Waals surface area contributed by atoms with Gasteiger partial charge in [-0.05, 0) is 41.7 Å². The van der Waals surface area contributed by atoms with Gasteiger partial charge in [0.15, 0.2) is 4.77 Å². The second kappa shape index (κ2) is 4.14. The number of H-pyrrole nitrogens is 1. The zero-order chi connectivity index (χ0) is 13.9. The standard InChI is InChI=1S/C15H12N2OS2/c1-17-14(18)11-10-7-6-8-4-2-3-5-9(8)12(10)20-13(11)16-15(17)19/h2-5H,6-7H2,1H3,(H,16,19). The predicted octanol–water partition coefficient (Wildman–Crippen LogP) is 3.42. The maximum Gasteiger partial charge on any atom is 0.263 e. The first kappa shape index (κ1) is 12.1. The lowest BCUT2D eigenvalue weighted by atomic mass is 9.90. The van der Waals surface area contributed by atoms with Crippen molar-refractivity contribution in [2.24, 2.45) is 7.05 Å². The van der Waals surface area contributed by atoms with Gasteiger partial charge in [0, 0.05) is 11.9 Å². The van der Waals surface area contributed by atoms with Crippen LogP contribution in [0.2, 0.25) is 0 Å². The first-order valence-corrected chi connectivity index (χ1v) is 7.72. The van der Waals surface area contributed by atoms with Crippen molar-refractivity contribution in [2.75, 3.05) is 0 Å². The molecule has 1 aromatic carbocycles. The molecule has 0 spiro atoms. The van der Waals surface area contributed by atoms with E-state index in [1.54, 1.807) is 18.4 Å². The number of aryl methyl sites for hydroxylation is 2. The minimum Gasteiger partial charge on any atom is -0.323 e. The molecule has 100 valence electrons. The van der Waals surface area contributed by atoms with Crippen LogP contribution in [0.1, 0.15) is 11.1 Å². The lowest BCUT2D eigenvalue weighted by Crippen LogP contribution is -2.19. The third kappa shape index (κ3) is 1.50. The third-order valence-electron chi connectivity index (χ3n) is 3.96. The van der Waals surface area contributed by atoms with Gasteiger partial charge < -0.3 is 4.98 Å². The SMILES string of the molecule is Cn1c(=S)[nH]c2sc3c(c2c1=O)CCc1ccccc1-3. The van der Waals surface area contributed by atoms with Crippen LogP contribution < -0.4 is 5.56 Å². The van der Waals surface area contributed by atoms with Crippen LogP contribution in [0.25, 0.3) is 20.7 Å². The van der Waals surface area contributed by atoms with Crippen molar-refractivity contribution < 1.29 is 0 Å². The van der Waals surface area contributed by atoms with Crippen molar-refractivity contribution in [1.29, 1.82) is 0 Å². The fourth-order valence-corrected chi connectivity index (χ4v) is 4.45. The molecule has 0 amide bonds. The van der Waals surface area contributed by atoms with Crippen LogP contribution in [0.3, 0.4) is 0 Å². The van der Waals surface area contributed by atoms with Gasteiger partial charge in [-0.25, -0.2) is 0 Å². The van der Waals surface area contributed by atoms with Crippen LogP contribution in [0, 0.1) is 4.77 Å². The van der Waals surface area contributed by atoms with Crippen molar-refractivity contribution in [2.45, 2.75) is 12.8 Å². The molecular formula is C15H12N2OS2. The number of hydrogen-bond donors (Lipinski definition) is 1. The maximum atomic E-state index is 12.5. The molecule has 2 heterocycles. The molecule has 0 unspecified atom stereocenters. The highest BCUT2D eigenvalue weighted by Gasteiger charge is 2.23. The molecule has 20 heavy (non-hydrogen) atoms. The number of rotatable bonds is 0. The van der Waals surface area contributed by atoms with Gasteiger partial charge >= 0.3 is 0 Å². The average Bonchev–Trinajstić information content (AvgIpc) is 2.83. The van der Waals surface area contributed by atoms with Gasteiger partial charge in [0.2, 0.25) is 0 Å². The maximum absolute atomic E-state index is 12.5. The number of nitrogens with zero attached hydrogens (tertiary/aromatic N) is 1. The fourth-order valence-electron chi connectivity index (χ4n) is 2.90. The van der Waals surface area contributed by atoms with Gasteiger partial charge in [-0.1, -0.05) is 24.3 Å². The lowest BCUT2D eigenvalue weighted by Gasteiger charge is -2.15. The Bertz CT molecular complexity index is 962. The number of benzene rings is 1. The zero-order valence-electron chi connectivity index (χ0n) is 10.9. The van der Waals surface area contributed by atoms with E-state index in [4.69, 9.17) is 12.2 Å². The summed E-state index contributed by atoms with van der Waals surface area (Å²) in [6.45, 7) is 0. The van der Waals surface area contributed by atoms with Crippen LogP contribution in [0.5, 0.6) is 0 Å². The molecule has 0 aliphatic heterocycles. The zero-order valence-corrected chi connectivity index (χ0v) is 12.5. The van der Waals surface area contributed by atoms with Gasteiger partial charge in [0.25, 0.3) is 5.56 Å². The Kier molecular flexibility index (Phi) is 2.49. The second-order valence-electron chi connectivity index (χ2n) is 5.07. The van der Waals surface area contributed by atoms with Crippen molar-refractivity contribution in [3.63, 3.8) is 0 Å². The Balaban J connectivity index is 2.18. The van der Waals surface area contributed by atoms with E-state index in [-0.39, 0.29) is 5.56 Å². The van der Waals surface area contributed by atoms with Gasteiger partial charge in [-0.15, -0.1) is 11.3 Å². The molecule has 5 heteroatoms. The van der Waals surface area contributed by atoms with Crippen LogP contribution in [0.15, 0.2) is 29.1 Å². The predicted molar refractivity (Wildman–Crippen MR) is 85.1 cm³/mol. The Hall–Kier alpha value is -1.72. The van der Waals surface area contributed by atoms with E-state index in [0.717, 1.165) is 23.1 Å². The van der Waals surface area contributed by atoms with E-state index in [0.29, 0.717) is 4.77 Å². The lowest BCUT2D eigenvalue weighted by molar-refractivity contribution is 0.823. The molecule has 4 rings (SSSR count). The Morgan fingerprint density at radius 3 is 2.95 bits per heavy atom. The van der Waals surface area contributed by atoms with Crippen molar-refractivity contribution in [3.05, 3.63) is 50.5 Å². The molecule has 0 bridgehead atoms. The van der Waals surface area contributed by atoms with Crippen molar-refractivity contribution >= 4 is 33.8 Å². The molecular weight excluding hydrogens is 288 g/mol. The molecule has 3 nitrogen and oxygen atoms in total. The van der Waals surface area contributed by atoms with E-state index in [1.165, 1.54) is 26.1 Å². The summed E-state index contributed by atoms with van der Waals surface area (Å²) in [7, 11) is 1.72. The molecule has 0 fully saturated rings. The summed E-state index contributed by atoms with van der Waals surface area (Å²) in [5, 5.41) is 0.815. The topological polar surface area (TPSA) is 37.8 Å². The number of aromatic amines is 1. The largest absolute Gasteiger partial charge is 0.323 e. The molecule has 0 radical (unpaired) electrons.